The van der Waals surface area contributed by atoms with Gasteiger partial charge in [0.2, 0.25) is 0 Å². The predicted octanol–water partition coefficient (Wildman–Crippen LogP) is 4.05. The molecule has 0 aliphatic rings. The first-order valence-electron chi connectivity index (χ1n) is 6.15. The van der Waals surface area contributed by atoms with E-state index in [9.17, 15) is 13.6 Å². The molecule has 5 heteroatoms. The highest BCUT2D eigenvalue weighted by Gasteiger charge is 2.35. The van der Waals surface area contributed by atoms with Crippen LogP contribution in [0.4, 0.5) is 8.78 Å². The lowest BCUT2D eigenvalue weighted by Gasteiger charge is -2.12. The van der Waals surface area contributed by atoms with E-state index in [-0.39, 0.29) is 6.61 Å². The van der Waals surface area contributed by atoms with Gasteiger partial charge in [0.15, 0.2) is 0 Å². The lowest BCUT2D eigenvalue weighted by atomic mass is 9.98. The fourth-order valence-corrected chi connectivity index (χ4v) is 1.64. The van der Waals surface area contributed by atoms with Crippen LogP contribution >= 0.6 is 12.6 Å². The summed E-state index contributed by atoms with van der Waals surface area (Å²) in [6, 6.07) is 0. The van der Waals surface area contributed by atoms with Crippen LogP contribution in [0.3, 0.4) is 0 Å². The van der Waals surface area contributed by atoms with Gasteiger partial charge in [-0.05, 0) is 18.8 Å². The van der Waals surface area contributed by atoms with Gasteiger partial charge in [-0.25, -0.2) is 4.79 Å². The average Bonchev–Trinajstić information content (AvgIpc) is 2.23. The van der Waals surface area contributed by atoms with Crippen LogP contribution in [-0.4, -0.2) is 17.8 Å². The van der Waals surface area contributed by atoms with E-state index < -0.39 is 11.2 Å². The first-order valence-corrected chi connectivity index (χ1v) is 6.60. The number of esters is 1. The number of halogens is 2. The van der Waals surface area contributed by atoms with Crippen LogP contribution in [0.2, 0.25) is 0 Å². The van der Waals surface area contributed by atoms with Gasteiger partial charge in [-0.2, -0.15) is 8.78 Å². The molecule has 0 bridgehead atoms. The summed E-state index contributed by atoms with van der Waals surface area (Å²) in [7, 11) is 0. The molecule has 0 amide bonds. The molecule has 0 aromatic carbocycles. The first kappa shape index (κ1) is 16.7. The van der Waals surface area contributed by atoms with Crippen molar-refractivity contribution in [2.45, 2.75) is 57.6 Å². The molecule has 1 atom stereocenters. The minimum atomic E-state index is -3.67. The van der Waals surface area contributed by atoms with E-state index in [0.717, 1.165) is 12.8 Å². The lowest BCUT2D eigenvalue weighted by molar-refractivity contribution is -0.160. The number of rotatable bonds is 9. The molecule has 0 N–H and O–H groups in total. The van der Waals surface area contributed by atoms with Crippen LogP contribution in [0.15, 0.2) is 0 Å². The Balaban J connectivity index is 3.48. The highest BCUT2D eigenvalue weighted by atomic mass is 32.1. The van der Waals surface area contributed by atoms with E-state index >= 15 is 0 Å². The van der Waals surface area contributed by atoms with Crippen molar-refractivity contribution in [3.63, 3.8) is 0 Å². The SMILES string of the molecule is CCCCCC(C)CCCOC(=O)C(F)(F)S. The Kier molecular flexibility index (Phi) is 8.56. The average molecular weight is 268 g/mol. The summed E-state index contributed by atoms with van der Waals surface area (Å²) in [6.07, 6.45) is 6.29. The van der Waals surface area contributed by atoms with Crippen LogP contribution in [0.1, 0.15) is 52.4 Å². The molecule has 0 aromatic heterocycles. The predicted molar refractivity (Wildman–Crippen MR) is 67.4 cm³/mol. The zero-order valence-corrected chi connectivity index (χ0v) is 11.4. The molecule has 0 saturated heterocycles. The number of thiol groups is 1. The fourth-order valence-electron chi connectivity index (χ4n) is 1.57. The molecule has 2 nitrogen and oxygen atoms in total. The second-order valence-electron chi connectivity index (χ2n) is 4.42. The van der Waals surface area contributed by atoms with Crippen LogP contribution in [0.5, 0.6) is 0 Å². The molecule has 0 aliphatic heterocycles. The van der Waals surface area contributed by atoms with Crippen molar-refractivity contribution >= 4 is 18.6 Å². The molecule has 0 heterocycles. The molecular weight excluding hydrogens is 246 g/mol. The standard InChI is InChI=1S/C12H22F2O2S/c1-3-4-5-7-10(2)8-6-9-16-11(15)12(13,14)17/h10,17H,3-9H2,1-2H3. The Bertz CT molecular complexity index is 217. The van der Waals surface area contributed by atoms with Crippen LogP contribution in [0.25, 0.3) is 0 Å². The molecular formula is C12H22F2O2S. The summed E-state index contributed by atoms with van der Waals surface area (Å²) in [5.74, 6) is -1.00. The van der Waals surface area contributed by atoms with Gasteiger partial charge in [0, 0.05) is 0 Å². The van der Waals surface area contributed by atoms with Gasteiger partial charge in [-0.15, -0.1) is 0 Å². The quantitative estimate of drug-likeness (QED) is 0.388. The second kappa shape index (κ2) is 8.72. The summed E-state index contributed by atoms with van der Waals surface area (Å²) in [6.45, 7) is 4.33. The Hall–Kier alpha value is -0.320. The van der Waals surface area contributed by atoms with Gasteiger partial charge in [0.1, 0.15) is 0 Å². The first-order chi connectivity index (χ1) is 7.88. The van der Waals surface area contributed by atoms with Crippen molar-refractivity contribution in [1.29, 1.82) is 0 Å². The zero-order chi connectivity index (χ0) is 13.3. The van der Waals surface area contributed by atoms with Crippen molar-refractivity contribution in [3.8, 4) is 0 Å². The van der Waals surface area contributed by atoms with Crippen LogP contribution < -0.4 is 0 Å². The molecule has 0 saturated carbocycles. The Morgan fingerprint density at radius 1 is 1.29 bits per heavy atom. The molecule has 0 fully saturated rings. The van der Waals surface area contributed by atoms with Gasteiger partial charge in [0.25, 0.3) is 0 Å². The summed E-state index contributed by atoms with van der Waals surface area (Å²) >= 11 is 2.84. The molecule has 17 heavy (non-hydrogen) atoms. The maximum absolute atomic E-state index is 12.3. The van der Waals surface area contributed by atoms with E-state index in [1.54, 1.807) is 0 Å². The van der Waals surface area contributed by atoms with Crippen molar-refractivity contribution in [2.75, 3.05) is 6.61 Å². The van der Waals surface area contributed by atoms with E-state index in [0.29, 0.717) is 12.3 Å². The van der Waals surface area contributed by atoms with Gasteiger partial charge in [-0.3, -0.25) is 0 Å². The van der Waals surface area contributed by atoms with Gasteiger partial charge in [-0.1, -0.05) is 52.2 Å². The number of hydrogen-bond donors (Lipinski definition) is 1. The molecule has 0 aliphatic carbocycles. The van der Waals surface area contributed by atoms with E-state index in [4.69, 9.17) is 0 Å². The Labute approximate surface area is 108 Å². The lowest BCUT2D eigenvalue weighted by Crippen LogP contribution is -2.24. The smallest absolute Gasteiger partial charge is 0.388 e. The Morgan fingerprint density at radius 2 is 1.88 bits per heavy atom. The third-order valence-electron chi connectivity index (χ3n) is 2.62. The number of alkyl halides is 2. The maximum Gasteiger partial charge on any atom is 0.388 e. The van der Waals surface area contributed by atoms with Gasteiger partial charge in [0.05, 0.1) is 6.61 Å². The minimum Gasteiger partial charge on any atom is -0.461 e. The number of ether oxygens (including phenoxy) is 1. The molecule has 1 unspecified atom stereocenters. The summed E-state index contributed by atoms with van der Waals surface area (Å²) in [5, 5.41) is -3.67. The molecule has 0 aromatic rings. The molecule has 0 spiro atoms. The number of carbonyl (C=O) groups is 1. The Morgan fingerprint density at radius 3 is 2.41 bits per heavy atom. The number of hydrogen-bond acceptors (Lipinski definition) is 3. The van der Waals surface area contributed by atoms with E-state index in [1.807, 2.05) is 0 Å². The summed E-state index contributed by atoms with van der Waals surface area (Å²) < 4.78 is 29.0. The van der Waals surface area contributed by atoms with E-state index in [1.165, 1.54) is 19.3 Å². The molecule has 0 rings (SSSR count). The topological polar surface area (TPSA) is 26.3 Å². The zero-order valence-electron chi connectivity index (χ0n) is 10.5. The minimum absolute atomic E-state index is 0.0487. The maximum atomic E-state index is 12.3. The second-order valence-corrected chi connectivity index (χ2v) is 4.98. The van der Waals surface area contributed by atoms with Crippen molar-refractivity contribution in [3.05, 3.63) is 0 Å². The largest absolute Gasteiger partial charge is 0.461 e. The third-order valence-corrected chi connectivity index (χ3v) is 2.80. The molecule has 102 valence electrons. The van der Waals surface area contributed by atoms with Gasteiger partial charge < -0.3 is 4.74 Å². The van der Waals surface area contributed by atoms with Crippen molar-refractivity contribution < 1.29 is 18.3 Å². The van der Waals surface area contributed by atoms with Gasteiger partial charge >= 0.3 is 11.2 Å². The highest BCUT2D eigenvalue weighted by Crippen LogP contribution is 2.20. The van der Waals surface area contributed by atoms with Crippen LogP contribution in [-0.2, 0) is 9.53 Å². The normalized spacial score (nSPS) is 13.5. The summed E-state index contributed by atoms with van der Waals surface area (Å²) in [5.41, 5.74) is 0. The van der Waals surface area contributed by atoms with E-state index in [2.05, 4.69) is 31.2 Å². The third kappa shape index (κ3) is 9.39. The monoisotopic (exact) mass is 268 g/mol. The van der Waals surface area contributed by atoms with Crippen molar-refractivity contribution in [2.24, 2.45) is 5.92 Å². The van der Waals surface area contributed by atoms with Crippen molar-refractivity contribution in [1.82, 2.24) is 0 Å². The fraction of sp³-hybridized carbons (Fsp3) is 0.917. The number of carbonyl (C=O) groups excluding carboxylic acids is 1. The highest BCUT2D eigenvalue weighted by molar-refractivity contribution is 7.82. The molecule has 0 radical (unpaired) electrons. The van der Waals surface area contributed by atoms with Crippen LogP contribution in [0, 0.1) is 5.92 Å². The number of unbranched alkanes of at least 4 members (excludes halogenated alkanes) is 2. The summed E-state index contributed by atoms with van der Waals surface area (Å²) in [4.78, 5) is 10.7.